The van der Waals surface area contributed by atoms with Crippen LogP contribution in [-0.2, 0) is 6.54 Å². The lowest BCUT2D eigenvalue weighted by atomic mass is 9.80. The van der Waals surface area contributed by atoms with Crippen molar-refractivity contribution in [3.63, 3.8) is 0 Å². The van der Waals surface area contributed by atoms with Crippen molar-refractivity contribution in [1.29, 1.82) is 0 Å². The second kappa shape index (κ2) is 6.58. The molecule has 1 aliphatic heterocycles. The molecule has 1 saturated heterocycles. The molecule has 1 N–H and O–H groups in total. The molecule has 1 heterocycles. The molecule has 1 aromatic rings. The van der Waals surface area contributed by atoms with Gasteiger partial charge in [0.2, 0.25) is 0 Å². The van der Waals surface area contributed by atoms with Crippen LogP contribution in [-0.4, -0.2) is 19.1 Å². The second-order valence-electron chi connectivity index (χ2n) is 7.62. The van der Waals surface area contributed by atoms with Crippen LogP contribution in [0, 0.1) is 11.3 Å². The smallest absolute Gasteiger partial charge is 0.0642 e. The molecule has 118 valence electrons. The Morgan fingerprint density at radius 3 is 2.57 bits per heavy atom. The third-order valence-electron chi connectivity index (χ3n) is 4.48. The number of halogens is 1. The van der Waals surface area contributed by atoms with Gasteiger partial charge >= 0.3 is 0 Å². The van der Waals surface area contributed by atoms with E-state index in [0.29, 0.717) is 11.5 Å². The van der Waals surface area contributed by atoms with E-state index in [1.807, 2.05) is 0 Å². The molecule has 1 fully saturated rings. The number of hydrogen-bond acceptors (Lipinski definition) is 2. The fourth-order valence-corrected chi connectivity index (χ4v) is 3.25. The fraction of sp³-hybridized carbons (Fsp3) is 0.667. The molecule has 1 aliphatic rings. The summed E-state index contributed by atoms with van der Waals surface area (Å²) in [5, 5.41) is 4.31. The van der Waals surface area contributed by atoms with Crippen LogP contribution in [0.4, 0.5) is 5.69 Å². The first-order chi connectivity index (χ1) is 9.77. The number of rotatable bonds is 4. The van der Waals surface area contributed by atoms with Crippen LogP contribution in [0.5, 0.6) is 0 Å². The molecule has 2 nitrogen and oxygen atoms in total. The Labute approximate surface area is 134 Å². The highest BCUT2D eigenvalue weighted by Gasteiger charge is 2.32. The van der Waals surface area contributed by atoms with Gasteiger partial charge in [0.25, 0.3) is 0 Å². The summed E-state index contributed by atoms with van der Waals surface area (Å²) in [4.78, 5) is 2.44. The summed E-state index contributed by atoms with van der Waals surface area (Å²) < 4.78 is 0. The van der Waals surface area contributed by atoms with Crippen molar-refractivity contribution in [3.05, 3.63) is 28.8 Å². The molecule has 0 aliphatic carbocycles. The second-order valence-corrected chi connectivity index (χ2v) is 8.03. The van der Waals surface area contributed by atoms with Crippen LogP contribution < -0.4 is 10.2 Å². The minimum absolute atomic E-state index is 0.377. The highest BCUT2D eigenvalue weighted by molar-refractivity contribution is 6.33. The Morgan fingerprint density at radius 2 is 2.05 bits per heavy atom. The van der Waals surface area contributed by atoms with E-state index in [-0.39, 0.29) is 0 Å². The van der Waals surface area contributed by atoms with Crippen molar-refractivity contribution >= 4 is 17.3 Å². The summed E-state index contributed by atoms with van der Waals surface area (Å²) in [6.07, 6.45) is 1.26. The molecule has 0 saturated carbocycles. The molecular weight excluding hydrogens is 280 g/mol. The molecule has 3 heteroatoms. The van der Waals surface area contributed by atoms with E-state index in [9.17, 15) is 0 Å². The van der Waals surface area contributed by atoms with Gasteiger partial charge in [0.05, 0.1) is 10.7 Å². The van der Waals surface area contributed by atoms with Gasteiger partial charge in [-0.15, -0.1) is 0 Å². The van der Waals surface area contributed by atoms with Gasteiger partial charge in [-0.2, -0.15) is 0 Å². The van der Waals surface area contributed by atoms with Gasteiger partial charge in [0.15, 0.2) is 0 Å². The molecule has 0 aromatic heterocycles. The predicted molar refractivity (Wildman–Crippen MR) is 93.2 cm³/mol. The SMILES string of the molecule is CC(C)NCc1ccc(N2CCC(C(C)(C)C)C2)c(Cl)c1. The summed E-state index contributed by atoms with van der Waals surface area (Å²) >= 11 is 6.52. The quantitative estimate of drug-likeness (QED) is 0.866. The molecule has 1 atom stereocenters. The van der Waals surface area contributed by atoms with Crippen molar-refractivity contribution in [3.8, 4) is 0 Å². The highest BCUT2D eigenvalue weighted by Crippen LogP contribution is 2.37. The number of nitrogens with one attached hydrogen (secondary N) is 1. The van der Waals surface area contributed by atoms with Crippen LogP contribution in [0.2, 0.25) is 5.02 Å². The van der Waals surface area contributed by atoms with E-state index in [0.717, 1.165) is 30.6 Å². The molecule has 0 amide bonds. The summed E-state index contributed by atoms with van der Waals surface area (Å²) in [6, 6.07) is 6.98. The zero-order valence-electron chi connectivity index (χ0n) is 14.0. The van der Waals surface area contributed by atoms with Crippen LogP contribution in [0.25, 0.3) is 0 Å². The van der Waals surface area contributed by atoms with Crippen LogP contribution in [0.3, 0.4) is 0 Å². The fourth-order valence-electron chi connectivity index (χ4n) is 2.92. The van der Waals surface area contributed by atoms with Crippen LogP contribution in [0.1, 0.15) is 46.6 Å². The van der Waals surface area contributed by atoms with E-state index in [4.69, 9.17) is 11.6 Å². The average Bonchev–Trinajstić information content (AvgIpc) is 2.85. The zero-order valence-corrected chi connectivity index (χ0v) is 14.8. The summed E-state index contributed by atoms with van der Waals surface area (Å²) in [5.74, 6) is 0.746. The number of hydrogen-bond donors (Lipinski definition) is 1. The Morgan fingerprint density at radius 1 is 1.33 bits per heavy atom. The van der Waals surface area contributed by atoms with Crippen molar-refractivity contribution in [2.24, 2.45) is 11.3 Å². The zero-order chi connectivity index (χ0) is 15.6. The molecule has 0 spiro atoms. The maximum atomic E-state index is 6.52. The maximum absolute atomic E-state index is 6.52. The van der Waals surface area contributed by atoms with Crippen molar-refractivity contribution in [2.75, 3.05) is 18.0 Å². The van der Waals surface area contributed by atoms with Crippen molar-refractivity contribution in [2.45, 2.75) is 53.6 Å². The maximum Gasteiger partial charge on any atom is 0.0642 e. The first-order valence-electron chi connectivity index (χ1n) is 8.04. The molecule has 1 unspecified atom stereocenters. The molecular formula is C18H29ClN2. The van der Waals surface area contributed by atoms with Gasteiger partial charge in [0.1, 0.15) is 0 Å². The first-order valence-corrected chi connectivity index (χ1v) is 8.42. The van der Waals surface area contributed by atoms with E-state index in [1.165, 1.54) is 17.7 Å². The lowest BCUT2D eigenvalue weighted by molar-refractivity contribution is 0.263. The lowest BCUT2D eigenvalue weighted by Crippen LogP contribution is -2.26. The molecule has 1 aromatic carbocycles. The van der Waals surface area contributed by atoms with Gasteiger partial charge in [-0.25, -0.2) is 0 Å². The number of nitrogens with zero attached hydrogens (tertiary/aromatic N) is 1. The average molecular weight is 309 g/mol. The first kappa shape index (κ1) is 16.6. The third kappa shape index (κ3) is 4.37. The van der Waals surface area contributed by atoms with Crippen LogP contribution >= 0.6 is 11.6 Å². The van der Waals surface area contributed by atoms with E-state index in [1.54, 1.807) is 0 Å². The monoisotopic (exact) mass is 308 g/mol. The Bertz CT molecular complexity index is 477. The van der Waals surface area contributed by atoms with Crippen molar-refractivity contribution in [1.82, 2.24) is 5.32 Å². The lowest BCUT2D eigenvalue weighted by Gasteiger charge is -2.28. The summed E-state index contributed by atoms with van der Waals surface area (Å²) in [7, 11) is 0. The van der Waals surface area contributed by atoms with E-state index in [2.05, 4.69) is 63.0 Å². The third-order valence-corrected chi connectivity index (χ3v) is 4.78. The topological polar surface area (TPSA) is 15.3 Å². The number of anilines is 1. The molecule has 2 rings (SSSR count). The van der Waals surface area contributed by atoms with Gasteiger partial charge in [-0.3, -0.25) is 0 Å². The summed E-state index contributed by atoms with van der Waals surface area (Å²) in [6.45, 7) is 14.4. The summed E-state index contributed by atoms with van der Waals surface area (Å²) in [5.41, 5.74) is 2.82. The number of benzene rings is 1. The minimum atomic E-state index is 0.377. The standard InChI is InChI=1S/C18H29ClN2/c1-13(2)20-11-14-6-7-17(16(19)10-14)21-9-8-15(12-21)18(3,4)5/h6-7,10,13,15,20H,8-9,11-12H2,1-5H3. The molecule has 21 heavy (non-hydrogen) atoms. The normalized spacial score (nSPS) is 19.6. The molecule has 0 bridgehead atoms. The largest absolute Gasteiger partial charge is 0.370 e. The highest BCUT2D eigenvalue weighted by atomic mass is 35.5. The minimum Gasteiger partial charge on any atom is -0.370 e. The Hall–Kier alpha value is -0.730. The van der Waals surface area contributed by atoms with Crippen molar-refractivity contribution < 1.29 is 0 Å². The van der Waals surface area contributed by atoms with Gasteiger partial charge in [-0.1, -0.05) is 52.3 Å². The van der Waals surface area contributed by atoms with Crippen LogP contribution in [0.15, 0.2) is 18.2 Å². The Kier molecular flexibility index (Phi) is 5.21. The molecule has 0 radical (unpaired) electrons. The van der Waals surface area contributed by atoms with Gasteiger partial charge < -0.3 is 10.2 Å². The van der Waals surface area contributed by atoms with Gasteiger partial charge in [-0.05, 0) is 35.4 Å². The predicted octanol–water partition coefficient (Wildman–Crippen LogP) is 4.71. The van der Waals surface area contributed by atoms with E-state index >= 15 is 0 Å². The van der Waals surface area contributed by atoms with Gasteiger partial charge in [0, 0.05) is 25.7 Å². The Balaban J connectivity index is 2.05. The van der Waals surface area contributed by atoms with E-state index < -0.39 is 0 Å².